The Morgan fingerprint density at radius 1 is 1.00 bits per heavy atom. The lowest BCUT2D eigenvalue weighted by Gasteiger charge is -2.36. The Kier molecular flexibility index (Phi) is 3.76. The Morgan fingerprint density at radius 2 is 1.53 bits per heavy atom. The van der Waals surface area contributed by atoms with Crippen molar-refractivity contribution in [2.75, 3.05) is 18.0 Å². The predicted molar refractivity (Wildman–Crippen MR) is 75.7 cm³/mol. The number of anilines is 1. The molecule has 0 spiro atoms. The van der Waals surface area contributed by atoms with Gasteiger partial charge >= 0.3 is 0 Å². The van der Waals surface area contributed by atoms with Crippen molar-refractivity contribution in [1.82, 2.24) is 0 Å². The van der Waals surface area contributed by atoms with Crippen molar-refractivity contribution in [1.29, 1.82) is 0 Å². The first-order valence-electron chi connectivity index (χ1n) is 6.91. The molecule has 0 radical (unpaired) electrons. The minimum absolute atomic E-state index is 0.628. The van der Waals surface area contributed by atoms with Gasteiger partial charge in [-0.1, -0.05) is 39.8 Å². The van der Waals surface area contributed by atoms with E-state index in [1.54, 1.807) is 0 Å². The van der Waals surface area contributed by atoms with Gasteiger partial charge in [0.1, 0.15) is 0 Å². The molecule has 1 saturated heterocycles. The average molecular weight is 231 g/mol. The van der Waals surface area contributed by atoms with E-state index in [0.29, 0.717) is 5.92 Å². The van der Waals surface area contributed by atoms with Gasteiger partial charge in [-0.25, -0.2) is 0 Å². The zero-order chi connectivity index (χ0) is 12.4. The van der Waals surface area contributed by atoms with Gasteiger partial charge in [-0.2, -0.15) is 0 Å². The van der Waals surface area contributed by atoms with E-state index in [1.165, 1.54) is 30.8 Å². The summed E-state index contributed by atoms with van der Waals surface area (Å²) in [6, 6.07) is 9.15. The van der Waals surface area contributed by atoms with Crippen LogP contribution in [0.3, 0.4) is 0 Å². The first-order valence-corrected chi connectivity index (χ1v) is 6.91. The maximum atomic E-state index is 2.54. The highest BCUT2D eigenvalue weighted by Gasteiger charge is 2.21. The van der Waals surface area contributed by atoms with E-state index in [1.807, 2.05) is 0 Å². The third-order valence-corrected chi connectivity index (χ3v) is 3.79. The van der Waals surface area contributed by atoms with E-state index < -0.39 is 0 Å². The largest absolute Gasteiger partial charge is 0.371 e. The van der Waals surface area contributed by atoms with Gasteiger partial charge in [0, 0.05) is 18.8 Å². The molecule has 1 aromatic carbocycles. The molecule has 17 heavy (non-hydrogen) atoms. The van der Waals surface area contributed by atoms with Gasteiger partial charge < -0.3 is 4.90 Å². The maximum Gasteiger partial charge on any atom is 0.0366 e. The molecular formula is C16H25N. The van der Waals surface area contributed by atoms with Gasteiger partial charge in [0.05, 0.1) is 0 Å². The molecule has 0 amide bonds. The van der Waals surface area contributed by atoms with Crippen LogP contribution < -0.4 is 4.90 Å². The van der Waals surface area contributed by atoms with Crippen LogP contribution in [0.1, 0.15) is 45.6 Å². The molecule has 0 N–H and O–H groups in total. The van der Waals surface area contributed by atoms with Crippen molar-refractivity contribution in [2.45, 2.75) is 40.0 Å². The quantitative estimate of drug-likeness (QED) is 0.734. The number of hydrogen-bond donors (Lipinski definition) is 0. The fourth-order valence-corrected chi connectivity index (χ4v) is 2.94. The lowest BCUT2D eigenvalue weighted by Crippen LogP contribution is -2.38. The third kappa shape index (κ3) is 3.02. The van der Waals surface area contributed by atoms with Gasteiger partial charge in [-0.3, -0.25) is 0 Å². The van der Waals surface area contributed by atoms with Crippen LogP contribution in [0.5, 0.6) is 0 Å². The Morgan fingerprint density at radius 3 is 2.00 bits per heavy atom. The first kappa shape index (κ1) is 12.5. The van der Waals surface area contributed by atoms with Crippen LogP contribution in [0.2, 0.25) is 0 Å². The zero-order valence-electron chi connectivity index (χ0n) is 11.6. The monoisotopic (exact) mass is 231 g/mol. The van der Waals surface area contributed by atoms with E-state index in [2.05, 4.69) is 56.9 Å². The molecule has 1 aromatic rings. The SMILES string of the molecule is CC1CC(C)CN(c2ccc(C(C)C)cc2)C1. The molecule has 0 saturated carbocycles. The molecule has 94 valence electrons. The Bertz CT molecular complexity index is 342. The number of nitrogens with zero attached hydrogens (tertiary/aromatic N) is 1. The Hall–Kier alpha value is -0.980. The van der Waals surface area contributed by atoms with Crippen molar-refractivity contribution in [3.05, 3.63) is 29.8 Å². The number of piperidine rings is 1. The lowest BCUT2D eigenvalue weighted by atomic mass is 9.91. The minimum Gasteiger partial charge on any atom is -0.371 e. The van der Waals surface area contributed by atoms with E-state index in [-0.39, 0.29) is 0 Å². The average Bonchev–Trinajstić information content (AvgIpc) is 2.28. The standard InChI is InChI=1S/C16H25N/c1-12(2)15-5-7-16(8-6-15)17-10-13(3)9-14(4)11-17/h5-8,12-14H,9-11H2,1-4H3. The van der Waals surface area contributed by atoms with Crippen LogP contribution in [-0.4, -0.2) is 13.1 Å². The van der Waals surface area contributed by atoms with E-state index >= 15 is 0 Å². The Balaban J connectivity index is 2.11. The van der Waals surface area contributed by atoms with Gasteiger partial charge in [0.15, 0.2) is 0 Å². The molecule has 0 aliphatic carbocycles. The molecule has 0 aromatic heterocycles. The molecule has 1 heterocycles. The van der Waals surface area contributed by atoms with E-state index in [9.17, 15) is 0 Å². The highest BCUT2D eigenvalue weighted by molar-refractivity contribution is 5.48. The summed E-state index contributed by atoms with van der Waals surface area (Å²) >= 11 is 0. The fraction of sp³-hybridized carbons (Fsp3) is 0.625. The van der Waals surface area contributed by atoms with Crippen molar-refractivity contribution >= 4 is 5.69 Å². The lowest BCUT2D eigenvalue weighted by molar-refractivity contribution is 0.357. The normalized spacial score (nSPS) is 25.4. The summed E-state index contributed by atoms with van der Waals surface area (Å²) in [5.41, 5.74) is 2.83. The Labute approximate surface area is 106 Å². The van der Waals surface area contributed by atoms with Crippen LogP contribution >= 0.6 is 0 Å². The van der Waals surface area contributed by atoms with Crippen molar-refractivity contribution in [2.24, 2.45) is 11.8 Å². The number of benzene rings is 1. The summed E-state index contributed by atoms with van der Waals surface area (Å²) in [5, 5.41) is 0. The van der Waals surface area contributed by atoms with Crippen molar-refractivity contribution in [3.8, 4) is 0 Å². The van der Waals surface area contributed by atoms with Gasteiger partial charge in [-0.15, -0.1) is 0 Å². The van der Waals surface area contributed by atoms with Crippen molar-refractivity contribution < 1.29 is 0 Å². The second-order valence-electron chi connectivity index (χ2n) is 6.10. The summed E-state index contributed by atoms with van der Waals surface area (Å²) in [6.45, 7) is 11.7. The summed E-state index contributed by atoms with van der Waals surface area (Å²) < 4.78 is 0. The topological polar surface area (TPSA) is 3.24 Å². The second-order valence-corrected chi connectivity index (χ2v) is 6.10. The highest BCUT2D eigenvalue weighted by atomic mass is 15.1. The highest BCUT2D eigenvalue weighted by Crippen LogP contribution is 2.27. The molecule has 1 heteroatoms. The van der Waals surface area contributed by atoms with Gasteiger partial charge in [0.2, 0.25) is 0 Å². The van der Waals surface area contributed by atoms with E-state index in [4.69, 9.17) is 0 Å². The smallest absolute Gasteiger partial charge is 0.0366 e. The van der Waals surface area contributed by atoms with Gasteiger partial charge in [0.25, 0.3) is 0 Å². The maximum absolute atomic E-state index is 2.54. The first-order chi connectivity index (χ1) is 8.06. The molecule has 0 bridgehead atoms. The van der Waals surface area contributed by atoms with Crippen LogP contribution in [0, 0.1) is 11.8 Å². The fourth-order valence-electron chi connectivity index (χ4n) is 2.94. The minimum atomic E-state index is 0.628. The predicted octanol–water partition coefficient (Wildman–Crippen LogP) is 4.29. The molecule has 2 atom stereocenters. The van der Waals surface area contributed by atoms with Gasteiger partial charge in [-0.05, 0) is 41.9 Å². The summed E-state index contributed by atoms with van der Waals surface area (Å²) in [7, 11) is 0. The van der Waals surface area contributed by atoms with Crippen LogP contribution in [0.15, 0.2) is 24.3 Å². The third-order valence-electron chi connectivity index (χ3n) is 3.79. The molecular weight excluding hydrogens is 206 g/mol. The van der Waals surface area contributed by atoms with E-state index in [0.717, 1.165) is 11.8 Å². The molecule has 1 fully saturated rings. The van der Waals surface area contributed by atoms with Crippen LogP contribution in [-0.2, 0) is 0 Å². The number of hydrogen-bond acceptors (Lipinski definition) is 1. The molecule has 1 aliphatic heterocycles. The summed E-state index contributed by atoms with van der Waals surface area (Å²) in [5.74, 6) is 2.27. The summed E-state index contributed by atoms with van der Waals surface area (Å²) in [6.07, 6.45) is 1.38. The molecule has 2 unspecified atom stereocenters. The van der Waals surface area contributed by atoms with Crippen LogP contribution in [0.4, 0.5) is 5.69 Å². The summed E-state index contributed by atoms with van der Waals surface area (Å²) in [4.78, 5) is 2.54. The number of rotatable bonds is 2. The molecule has 1 nitrogen and oxygen atoms in total. The second kappa shape index (κ2) is 5.12. The van der Waals surface area contributed by atoms with Crippen LogP contribution in [0.25, 0.3) is 0 Å². The molecule has 2 rings (SSSR count). The van der Waals surface area contributed by atoms with Crippen molar-refractivity contribution in [3.63, 3.8) is 0 Å². The molecule has 1 aliphatic rings. The zero-order valence-corrected chi connectivity index (χ0v) is 11.6.